The summed E-state index contributed by atoms with van der Waals surface area (Å²) >= 11 is 6.33. The van der Waals surface area contributed by atoms with Gasteiger partial charge in [0.1, 0.15) is 0 Å². The summed E-state index contributed by atoms with van der Waals surface area (Å²) in [5, 5.41) is 4.44. The van der Waals surface area contributed by atoms with E-state index in [4.69, 9.17) is 11.6 Å². The van der Waals surface area contributed by atoms with E-state index in [1.165, 1.54) is 24.8 Å². The highest BCUT2D eigenvalue weighted by molar-refractivity contribution is 6.31. The molecule has 2 heteroatoms. The summed E-state index contributed by atoms with van der Waals surface area (Å²) in [4.78, 5) is 0. The highest BCUT2D eigenvalue weighted by atomic mass is 35.5. The average molecular weight is 268 g/mol. The molecule has 0 spiro atoms. The smallest absolute Gasteiger partial charge is 0.0441 e. The molecule has 0 aliphatic carbocycles. The number of rotatable bonds is 8. The van der Waals surface area contributed by atoms with Gasteiger partial charge in [0.05, 0.1) is 0 Å². The second-order valence-electron chi connectivity index (χ2n) is 5.17. The number of benzene rings is 1. The SMILES string of the molecule is CCCNCC(CC(C)CC)c1ccccc1Cl. The number of halogens is 1. The molecule has 1 N–H and O–H groups in total. The molecule has 1 aromatic carbocycles. The maximum Gasteiger partial charge on any atom is 0.0441 e. The molecule has 0 heterocycles. The lowest BCUT2D eigenvalue weighted by molar-refractivity contribution is 0.436. The van der Waals surface area contributed by atoms with Crippen molar-refractivity contribution in [3.8, 4) is 0 Å². The summed E-state index contributed by atoms with van der Waals surface area (Å²) in [5.41, 5.74) is 1.29. The van der Waals surface area contributed by atoms with Crippen molar-refractivity contribution < 1.29 is 0 Å². The fourth-order valence-electron chi connectivity index (χ4n) is 2.23. The maximum atomic E-state index is 6.33. The van der Waals surface area contributed by atoms with Crippen molar-refractivity contribution in [2.24, 2.45) is 5.92 Å². The second kappa shape index (κ2) is 8.55. The minimum atomic E-state index is 0.528. The lowest BCUT2D eigenvalue weighted by Crippen LogP contribution is -2.23. The Balaban J connectivity index is 2.73. The molecule has 2 atom stereocenters. The molecule has 102 valence electrons. The Morgan fingerprint density at radius 1 is 1.22 bits per heavy atom. The van der Waals surface area contributed by atoms with Crippen molar-refractivity contribution >= 4 is 11.6 Å². The first kappa shape index (κ1) is 15.5. The van der Waals surface area contributed by atoms with Crippen molar-refractivity contribution in [1.29, 1.82) is 0 Å². The molecule has 1 nitrogen and oxygen atoms in total. The zero-order valence-electron chi connectivity index (χ0n) is 11.9. The van der Waals surface area contributed by atoms with Crippen molar-refractivity contribution in [1.82, 2.24) is 5.32 Å². The quantitative estimate of drug-likeness (QED) is 0.664. The molecule has 0 aliphatic heterocycles. The summed E-state index contributed by atoms with van der Waals surface area (Å²) in [6.45, 7) is 8.90. The van der Waals surface area contributed by atoms with E-state index in [0.29, 0.717) is 5.92 Å². The fraction of sp³-hybridized carbons (Fsp3) is 0.625. The van der Waals surface area contributed by atoms with Gasteiger partial charge < -0.3 is 5.32 Å². The second-order valence-corrected chi connectivity index (χ2v) is 5.58. The zero-order chi connectivity index (χ0) is 13.4. The van der Waals surface area contributed by atoms with E-state index in [1.807, 2.05) is 12.1 Å². The van der Waals surface area contributed by atoms with Crippen molar-refractivity contribution in [2.45, 2.75) is 46.0 Å². The Bertz CT molecular complexity index is 338. The van der Waals surface area contributed by atoms with Gasteiger partial charge in [-0.15, -0.1) is 0 Å². The van der Waals surface area contributed by atoms with Crippen LogP contribution in [-0.2, 0) is 0 Å². The monoisotopic (exact) mass is 267 g/mol. The Kier molecular flexibility index (Phi) is 7.38. The van der Waals surface area contributed by atoms with E-state index in [-0.39, 0.29) is 0 Å². The molecule has 0 bridgehead atoms. The third-order valence-electron chi connectivity index (χ3n) is 3.55. The standard InChI is InChI=1S/C16H26ClN/c1-4-10-18-12-14(11-13(3)5-2)15-8-6-7-9-16(15)17/h6-9,13-14,18H,4-5,10-12H2,1-3H3. The molecule has 0 aromatic heterocycles. The highest BCUT2D eigenvalue weighted by Gasteiger charge is 2.16. The van der Waals surface area contributed by atoms with Gasteiger partial charge in [0.2, 0.25) is 0 Å². The Morgan fingerprint density at radius 2 is 1.94 bits per heavy atom. The summed E-state index contributed by atoms with van der Waals surface area (Å²) < 4.78 is 0. The molecule has 18 heavy (non-hydrogen) atoms. The molecule has 1 aromatic rings. The fourth-order valence-corrected chi connectivity index (χ4v) is 2.52. The third kappa shape index (κ3) is 4.99. The Labute approximate surface area is 117 Å². The number of hydrogen-bond donors (Lipinski definition) is 1. The predicted octanol–water partition coefficient (Wildman–Crippen LogP) is 4.86. The maximum absolute atomic E-state index is 6.33. The van der Waals surface area contributed by atoms with Crippen LogP contribution in [0.4, 0.5) is 0 Å². The number of nitrogens with one attached hydrogen (secondary N) is 1. The Morgan fingerprint density at radius 3 is 2.56 bits per heavy atom. The molecule has 1 rings (SSSR count). The van der Waals surface area contributed by atoms with Gasteiger partial charge in [0.15, 0.2) is 0 Å². The highest BCUT2D eigenvalue weighted by Crippen LogP contribution is 2.30. The molecule has 0 amide bonds. The van der Waals surface area contributed by atoms with E-state index >= 15 is 0 Å². The molecule has 0 saturated heterocycles. The minimum Gasteiger partial charge on any atom is -0.316 e. The summed E-state index contributed by atoms with van der Waals surface area (Å²) in [6, 6.07) is 8.26. The lowest BCUT2D eigenvalue weighted by Gasteiger charge is -2.22. The van der Waals surface area contributed by atoms with Gasteiger partial charge in [-0.1, -0.05) is 57.0 Å². The van der Waals surface area contributed by atoms with E-state index in [0.717, 1.165) is 24.0 Å². The van der Waals surface area contributed by atoms with Crippen LogP contribution in [0.2, 0.25) is 5.02 Å². The van der Waals surface area contributed by atoms with Gasteiger partial charge in [-0.2, -0.15) is 0 Å². The van der Waals surface area contributed by atoms with E-state index in [2.05, 4.69) is 38.2 Å². The average Bonchev–Trinajstić information content (AvgIpc) is 2.38. The molecule has 2 unspecified atom stereocenters. The van der Waals surface area contributed by atoms with Gasteiger partial charge in [-0.05, 0) is 42.9 Å². The van der Waals surface area contributed by atoms with Crippen LogP contribution in [0, 0.1) is 5.92 Å². The van der Waals surface area contributed by atoms with Crippen LogP contribution in [0.25, 0.3) is 0 Å². The van der Waals surface area contributed by atoms with Gasteiger partial charge in [0, 0.05) is 11.6 Å². The van der Waals surface area contributed by atoms with Crippen LogP contribution in [0.1, 0.15) is 51.5 Å². The first-order valence-electron chi connectivity index (χ1n) is 7.14. The molecule has 0 radical (unpaired) electrons. The Hall–Kier alpha value is -0.530. The van der Waals surface area contributed by atoms with Crippen molar-refractivity contribution in [3.63, 3.8) is 0 Å². The number of hydrogen-bond acceptors (Lipinski definition) is 1. The first-order chi connectivity index (χ1) is 8.69. The van der Waals surface area contributed by atoms with Crippen LogP contribution in [0.3, 0.4) is 0 Å². The van der Waals surface area contributed by atoms with Crippen molar-refractivity contribution in [3.05, 3.63) is 34.9 Å². The van der Waals surface area contributed by atoms with Gasteiger partial charge in [-0.3, -0.25) is 0 Å². The van der Waals surface area contributed by atoms with E-state index in [9.17, 15) is 0 Å². The van der Waals surface area contributed by atoms with Crippen LogP contribution in [0.5, 0.6) is 0 Å². The minimum absolute atomic E-state index is 0.528. The molecule has 0 fully saturated rings. The van der Waals surface area contributed by atoms with Gasteiger partial charge in [-0.25, -0.2) is 0 Å². The topological polar surface area (TPSA) is 12.0 Å². The van der Waals surface area contributed by atoms with E-state index in [1.54, 1.807) is 0 Å². The first-order valence-corrected chi connectivity index (χ1v) is 7.51. The molecular weight excluding hydrogens is 242 g/mol. The van der Waals surface area contributed by atoms with Crippen LogP contribution < -0.4 is 5.32 Å². The van der Waals surface area contributed by atoms with Crippen LogP contribution in [-0.4, -0.2) is 13.1 Å². The molecule has 0 aliphatic rings. The van der Waals surface area contributed by atoms with Gasteiger partial charge >= 0.3 is 0 Å². The lowest BCUT2D eigenvalue weighted by atomic mass is 9.88. The van der Waals surface area contributed by atoms with E-state index < -0.39 is 0 Å². The summed E-state index contributed by atoms with van der Waals surface area (Å²) in [7, 11) is 0. The van der Waals surface area contributed by atoms with Gasteiger partial charge in [0.25, 0.3) is 0 Å². The largest absolute Gasteiger partial charge is 0.316 e. The van der Waals surface area contributed by atoms with Crippen LogP contribution >= 0.6 is 11.6 Å². The summed E-state index contributed by atoms with van der Waals surface area (Å²) in [5.74, 6) is 1.27. The predicted molar refractivity (Wildman–Crippen MR) is 81.4 cm³/mol. The van der Waals surface area contributed by atoms with Crippen molar-refractivity contribution in [2.75, 3.05) is 13.1 Å². The molecule has 0 saturated carbocycles. The normalized spacial score (nSPS) is 14.4. The third-order valence-corrected chi connectivity index (χ3v) is 3.89. The molecular formula is C16H26ClN. The van der Waals surface area contributed by atoms with Crippen LogP contribution in [0.15, 0.2) is 24.3 Å². The summed E-state index contributed by atoms with van der Waals surface area (Å²) in [6.07, 6.45) is 3.62. The zero-order valence-corrected chi connectivity index (χ0v) is 12.6.